The molecular weight excluding hydrogens is 199 g/mol. The molecule has 1 aromatic heterocycles. The van der Waals surface area contributed by atoms with Gasteiger partial charge in [-0.3, -0.25) is 4.79 Å². The molecule has 0 fully saturated rings. The lowest BCUT2D eigenvalue weighted by Crippen LogP contribution is -1.85. The van der Waals surface area contributed by atoms with Gasteiger partial charge in [0.05, 0.1) is 7.11 Å². The van der Waals surface area contributed by atoms with Crippen molar-refractivity contribution in [3.05, 3.63) is 29.8 Å². The lowest BCUT2D eigenvalue weighted by molar-refractivity contribution is 0.0989. The zero-order chi connectivity index (χ0) is 11.0. The van der Waals surface area contributed by atoms with Crippen LogP contribution in [0, 0.1) is 5.82 Å². The highest BCUT2D eigenvalue weighted by molar-refractivity contribution is 5.96. The largest absolute Gasteiger partial charge is 0.497 e. The number of ether oxygens (including phenoxy) is 1. The van der Waals surface area contributed by atoms with Crippen LogP contribution in [0.2, 0.25) is 0 Å². The summed E-state index contributed by atoms with van der Waals surface area (Å²) in [6.07, 6.45) is 0. The minimum absolute atomic E-state index is 0.0843. The molecule has 2 aromatic rings. The highest BCUT2D eigenvalue weighted by Crippen LogP contribution is 2.27. The second-order valence-corrected chi connectivity index (χ2v) is 3.19. The van der Waals surface area contributed by atoms with E-state index in [-0.39, 0.29) is 17.1 Å². The Bertz CT molecular complexity index is 528. The first-order chi connectivity index (χ1) is 7.11. The summed E-state index contributed by atoms with van der Waals surface area (Å²) in [6, 6.07) is 4.34. The first kappa shape index (κ1) is 9.71. The minimum Gasteiger partial charge on any atom is -0.497 e. The maximum absolute atomic E-state index is 13.4. The van der Waals surface area contributed by atoms with E-state index in [1.165, 1.54) is 26.2 Å². The SMILES string of the molecule is COc1cc(F)c2oc(C(C)=O)cc2c1. The number of furan rings is 1. The van der Waals surface area contributed by atoms with Crippen LogP contribution in [0.15, 0.2) is 22.6 Å². The van der Waals surface area contributed by atoms with Crippen LogP contribution in [0.3, 0.4) is 0 Å². The van der Waals surface area contributed by atoms with Crippen molar-refractivity contribution in [2.45, 2.75) is 6.92 Å². The van der Waals surface area contributed by atoms with Crippen molar-refractivity contribution in [1.29, 1.82) is 0 Å². The van der Waals surface area contributed by atoms with E-state index in [2.05, 4.69) is 0 Å². The number of rotatable bonds is 2. The molecule has 0 aliphatic rings. The number of benzene rings is 1. The van der Waals surface area contributed by atoms with Gasteiger partial charge in [0, 0.05) is 18.4 Å². The third kappa shape index (κ3) is 1.58. The van der Waals surface area contributed by atoms with Crippen molar-refractivity contribution < 1.29 is 18.3 Å². The Morgan fingerprint density at radius 3 is 2.73 bits per heavy atom. The third-order valence-corrected chi connectivity index (χ3v) is 2.13. The topological polar surface area (TPSA) is 39.4 Å². The van der Waals surface area contributed by atoms with Crippen LogP contribution in [-0.4, -0.2) is 12.9 Å². The summed E-state index contributed by atoms with van der Waals surface area (Å²) >= 11 is 0. The molecule has 1 aromatic carbocycles. The van der Waals surface area contributed by atoms with Crippen molar-refractivity contribution in [1.82, 2.24) is 0 Å². The number of Topliss-reactive ketones (excluding diaryl/α,β-unsaturated/α-hetero) is 1. The summed E-state index contributed by atoms with van der Waals surface area (Å²) < 4.78 is 23.4. The summed E-state index contributed by atoms with van der Waals surface area (Å²) in [5.74, 6) is -0.213. The van der Waals surface area contributed by atoms with Crippen LogP contribution in [-0.2, 0) is 0 Å². The van der Waals surface area contributed by atoms with Gasteiger partial charge in [-0.05, 0) is 12.1 Å². The molecule has 4 heteroatoms. The molecule has 0 N–H and O–H groups in total. The number of methoxy groups -OCH3 is 1. The summed E-state index contributed by atoms with van der Waals surface area (Å²) in [5.41, 5.74) is 0.0843. The fourth-order valence-electron chi connectivity index (χ4n) is 1.38. The van der Waals surface area contributed by atoms with Crippen LogP contribution >= 0.6 is 0 Å². The quantitative estimate of drug-likeness (QED) is 0.712. The molecule has 2 rings (SSSR count). The van der Waals surface area contributed by atoms with Gasteiger partial charge in [-0.25, -0.2) is 4.39 Å². The van der Waals surface area contributed by atoms with Gasteiger partial charge < -0.3 is 9.15 Å². The Hall–Kier alpha value is -1.84. The molecule has 0 unspecified atom stereocenters. The molecule has 0 saturated carbocycles. The van der Waals surface area contributed by atoms with Crippen LogP contribution in [0.4, 0.5) is 4.39 Å². The van der Waals surface area contributed by atoms with Gasteiger partial charge in [0.25, 0.3) is 0 Å². The second-order valence-electron chi connectivity index (χ2n) is 3.19. The Kier molecular flexibility index (Phi) is 2.19. The molecule has 0 bridgehead atoms. The number of ketones is 1. The molecular formula is C11H9FO3. The van der Waals surface area contributed by atoms with E-state index < -0.39 is 5.82 Å². The zero-order valence-corrected chi connectivity index (χ0v) is 8.33. The molecule has 0 atom stereocenters. The average Bonchev–Trinajstić information content (AvgIpc) is 2.61. The van der Waals surface area contributed by atoms with Gasteiger partial charge in [0.2, 0.25) is 0 Å². The monoisotopic (exact) mass is 208 g/mol. The van der Waals surface area contributed by atoms with E-state index in [0.717, 1.165) is 0 Å². The summed E-state index contributed by atoms with van der Waals surface area (Å²) in [4.78, 5) is 11.0. The lowest BCUT2D eigenvalue weighted by atomic mass is 10.2. The van der Waals surface area contributed by atoms with Crippen LogP contribution < -0.4 is 4.74 Å². The molecule has 0 saturated heterocycles. The van der Waals surface area contributed by atoms with Crippen molar-refractivity contribution in [2.24, 2.45) is 0 Å². The average molecular weight is 208 g/mol. The number of hydrogen-bond acceptors (Lipinski definition) is 3. The smallest absolute Gasteiger partial charge is 0.194 e. The Morgan fingerprint density at radius 2 is 2.13 bits per heavy atom. The maximum atomic E-state index is 13.4. The van der Waals surface area contributed by atoms with Gasteiger partial charge in [0.15, 0.2) is 22.9 Å². The van der Waals surface area contributed by atoms with Gasteiger partial charge in [-0.15, -0.1) is 0 Å². The number of hydrogen-bond donors (Lipinski definition) is 0. The van der Waals surface area contributed by atoms with Crippen LogP contribution in [0.25, 0.3) is 11.0 Å². The van der Waals surface area contributed by atoms with Gasteiger partial charge in [0.1, 0.15) is 5.75 Å². The molecule has 0 aliphatic heterocycles. The third-order valence-electron chi connectivity index (χ3n) is 2.13. The van der Waals surface area contributed by atoms with E-state index >= 15 is 0 Å². The standard InChI is InChI=1S/C11H9FO3/c1-6(13)10-4-7-3-8(14-2)5-9(12)11(7)15-10/h3-5H,1-2H3. The van der Waals surface area contributed by atoms with E-state index in [9.17, 15) is 9.18 Å². The van der Waals surface area contributed by atoms with E-state index in [1.54, 1.807) is 6.07 Å². The summed E-state index contributed by atoms with van der Waals surface area (Å²) in [6.45, 7) is 1.37. The summed E-state index contributed by atoms with van der Waals surface area (Å²) in [5, 5.41) is 0.525. The van der Waals surface area contributed by atoms with E-state index in [0.29, 0.717) is 11.1 Å². The lowest BCUT2D eigenvalue weighted by Gasteiger charge is -1.98. The molecule has 0 aliphatic carbocycles. The van der Waals surface area contributed by atoms with E-state index in [4.69, 9.17) is 9.15 Å². The fraction of sp³-hybridized carbons (Fsp3) is 0.182. The molecule has 0 radical (unpaired) electrons. The van der Waals surface area contributed by atoms with Crippen molar-refractivity contribution >= 4 is 16.8 Å². The molecule has 78 valence electrons. The highest BCUT2D eigenvalue weighted by Gasteiger charge is 2.12. The normalized spacial score (nSPS) is 10.6. The zero-order valence-electron chi connectivity index (χ0n) is 8.33. The number of halogens is 1. The van der Waals surface area contributed by atoms with Crippen LogP contribution in [0.1, 0.15) is 17.5 Å². The highest BCUT2D eigenvalue weighted by atomic mass is 19.1. The van der Waals surface area contributed by atoms with E-state index in [1.807, 2.05) is 0 Å². The van der Waals surface area contributed by atoms with Crippen molar-refractivity contribution in [3.63, 3.8) is 0 Å². The Labute approximate surface area is 85.4 Å². The number of carbonyl (C=O) groups is 1. The molecule has 0 amide bonds. The van der Waals surface area contributed by atoms with Gasteiger partial charge >= 0.3 is 0 Å². The Morgan fingerprint density at radius 1 is 1.40 bits per heavy atom. The number of carbonyl (C=O) groups excluding carboxylic acids is 1. The molecule has 1 heterocycles. The van der Waals surface area contributed by atoms with Gasteiger partial charge in [-0.1, -0.05) is 0 Å². The minimum atomic E-state index is -0.531. The first-order valence-corrected chi connectivity index (χ1v) is 4.40. The first-order valence-electron chi connectivity index (χ1n) is 4.40. The van der Waals surface area contributed by atoms with Gasteiger partial charge in [-0.2, -0.15) is 0 Å². The van der Waals surface area contributed by atoms with Crippen LogP contribution in [0.5, 0.6) is 5.75 Å². The number of fused-ring (bicyclic) bond motifs is 1. The summed E-state index contributed by atoms with van der Waals surface area (Å²) in [7, 11) is 1.45. The van der Waals surface area contributed by atoms with Crippen molar-refractivity contribution in [3.8, 4) is 5.75 Å². The fourth-order valence-corrected chi connectivity index (χ4v) is 1.38. The predicted molar refractivity (Wildman–Crippen MR) is 52.7 cm³/mol. The second kappa shape index (κ2) is 3.38. The van der Waals surface area contributed by atoms with Crippen molar-refractivity contribution in [2.75, 3.05) is 7.11 Å². The Balaban J connectivity index is 2.69. The molecule has 3 nitrogen and oxygen atoms in total. The predicted octanol–water partition coefficient (Wildman–Crippen LogP) is 2.78. The molecule has 15 heavy (non-hydrogen) atoms. The maximum Gasteiger partial charge on any atom is 0.194 e. The molecule has 0 spiro atoms.